The summed E-state index contributed by atoms with van der Waals surface area (Å²) in [5, 5.41) is 18.4. The van der Waals surface area contributed by atoms with E-state index in [9.17, 15) is 9.90 Å². The lowest BCUT2D eigenvalue weighted by Gasteiger charge is -2.27. The Hall–Kier alpha value is -4.53. The zero-order valence-corrected chi connectivity index (χ0v) is 21.3. The zero-order valence-electron chi connectivity index (χ0n) is 21.3. The summed E-state index contributed by atoms with van der Waals surface area (Å²) < 4.78 is 16.7. The lowest BCUT2D eigenvalue weighted by atomic mass is 9.93. The predicted octanol–water partition coefficient (Wildman–Crippen LogP) is 4.57. The molecule has 0 aliphatic carbocycles. The minimum atomic E-state index is -0.551. The second-order valence-electron chi connectivity index (χ2n) is 8.99. The maximum atomic E-state index is 13.8. The molecule has 1 aliphatic rings. The summed E-state index contributed by atoms with van der Waals surface area (Å²) in [6.07, 6.45) is 3.43. The Kier molecular flexibility index (Phi) is 6.20. The number of nitrogens with zero attached hydrogens (tertiary/aromatic N) is 3. The summed E-state index contributed by atoms with van der Waals surface area (Å²) in [5.41, 5.74) is 5.44. The van der Waals surface area contributed by atoms with Gasteiger partial charge in [0.15, 0.2) is 11.5 Å². The maximum absolute atomic E-state index is 13.8. The normalized spacial score (nSPS) is 14.6. The third-order valence-corrected chi connectivity index (χ3v) is 6.64. The van der Waals surface area contributed by atoms with Crippen molar-refractivity contribution in [3.63, 3.8) is 0 Å². The van der Waals surface area contributed by atoms with Crippen LogP contribution >= 0.6 is 0 Å². The minimum Gasteiger partial charge on any atom is -0.507 e. The van der Waals surface area contributed by atoms with Crippen molar-refractivity contribution in [2.75, 3.05) is 21.3 Å². The van der Waals surface area contributed by atoms with Crippen molar-refractivity contribution >= 4 is 5.91 Å². The quantitative estimate of drug-likeness (QED) is 0.383. The number of hydrogen-bond donors (Lipinski definition) is 2. The van der Waals surface area contributed by atoms with Gasteiger partial charge in [0.25, 0.3) is 5.91 Å². The number of pyridine rings is 1. The molecule has 9 heteroatoms. The lowest BCUT2D eigenvalue weighted by Crippen LogP contribution is -2.29. The average molecular weight is 501 g/mol. The fourth-order valence-electron chi connectivity index (χ4n) is 5.00. The first-order valence-electron chi connectivity index (χ1n) is 11.8. The number of phenols is 1. The van der Waals surface area contributed by atoms with Crippen LogP contribution < -0.4 is 14.2 Å². The molecule has 1 atom stereocenters. The molecule has 9 nitrogen and oxygen atoms in total. The number of nitrogens with one attached hydrogen (secondary N) is 1. The molecule has 37 heavy (non-hydrogen) atoms. The van der Waals surface area contributed by atoms with Gasteiger partial charge in [-0.25, -0.2) is 0 Å². The number of fused-ring (bicyclic) bond motifs is 1. The van der Waals surface area contributed by atoms with Crippen LogP contribution in [0, 0.1) is 13.8 Å². The predicted molar refractivity (Wildman–Crippen MR) is 137 cm³/mol. The average Bonchev–Trinajstić information content (AvgIpc) is 3.44. The highest BCUT2D eigenvalue weighted by molar-refractivity contribution is 6.00. The van der Waals surface area contributed by atoms with Crippen LogP contribution in [-0.2, 0) is 6.54 Å². The Labute approximate surface area is 214 Å². The summed E-state index contributed by atoms with van der Waals surface area (Å²) >= 11 is 0. The van der Waals surface area contributed by atoms with E-state index in [1.807, 2.05) is 50.2 Å². The van der Waals surface area contributed by atoms with Crippen molar-refractivity contribution in [2.45, 2.75) is 26.4 Å². The van der Waals surface area contributed by atoms with Crippen LogP contribution in [0.4, 0.5) is 0 Å². The van der Waals surface area contributed by atoms with Crippen LogP contribution in [0.25, 0.3) is 11.3 Å². The van der Waals surface area contributed by atoms with Crippen LogP contribution in [0.2, 0.25) is 0 Å². The fourth-order valence-corrected chi connectivity index (χ4v) is 5.00. The number of phenolic OH excluding ortho intramolecular Hbond substituents is 1. The highest BCUT2D eigenvalue weighted by atomic mass is 16.5. The van der Waals surface area contributed by atoms with Crippen molar-refractivity contribution in [3.05, 3.63) is 82.3 Å². The van der Waals surface area contributed by atoms with E-state index in [0.29, 0.717) is 46.3 Å². The number of benzene rings is 2. The van der Waals surface area contributed by atoms with Crippen molar-refractivity contribution in [1.82, 2.24) is 20.1 Å². The highest BCUT2D eigenvalue weighted by Crippen LogP contribution is 2.49. The summed E-state index contributed by atoms with van der Waals surface area (Å²) in [6.45, 7) is 4.11. The molecule has 3 heterocycles. The number of carbonyl (C=O) groups is 1. The number of aromatic amines is 1. The Balaban J connectivity index is 1.75. The van der Waals surface area contributed by atoms with Gasteiger partial charge < -0.3 is 24.2 Å². The third kappa shape index (κ3) is 4.02. The molecule has 0 spiro atoms. The van der Waals surface area contributed by atoms with E-state index in [1.54, 1.807) is 38.6 Å². The number of aromatic hydroxyl groups is 1. The summed E-state index contributed by atoms with van der Waals surface area (Å²) in [5.74, 6) is 1.31. The SMILES string of the molecule is COc1cc([C@@H]2c3c(-c4cc(C)cc(C)c4O)n[nH]c3C(=O)N2Cc2cccnc2)cc(OC)c1OC. The molecular weight excluding hydrogens is 472 g/mol. The largest absolute Gasteiger partial charge is 0.507 e. The van der Waals surface area contributed by atoms with E-state index >= 15 is 0 Å². The van der Waals surface area contributed by atoms with Crippen LogP contribution in [0.15, 0.2) is 48.8 Å². The highest BCUT2D eigenvalue weighted by Gasteiger charge is 2.43. The van der Waals surface area contributed by atoms with Crippen LogP contribution in [0.1, 0.15) is 44.3 Å². The topological polar surface area (TPSA) is 110 Å². The Morgan fingerprint density at radius 2 is 1.78 bits per heavy atom. The number of amides is 1. The van der Waals surface area contributed by atoms with Gasteiger partial charge in [0.2, 0.25) is 5.75 Å². The van der Waals surface area contributed by atoms with Crippen molar-refractivity contribution in [3.8, 4) is 34.3 Å². The summed E-state index contributed by atoms with van der Waals surface area (Å²) in [4.78, 5) is 19.7. The van der Waals surface area contributed by atoms with E-state index in [4.69, 9.17) is 14.2 Å². The molecule has 0 saturated heterocycles. The number of rotatable bonds is 7. The number of carbonyl (C=O) groups excluding carboxylic acids is 1. The lowest BCUT2D eigenvalue weighted by molar-refractivity contribution is 0.0729. The number of methoxy groups -OCH3 is 3. The molecule has 4 aromatic rings. The monoisotopic (exact) mass is 500 g/mol. The molecule has 5 rings (SSSR count). The first kappa shape index (κ1) is 24.2. The zero-order chi connectivity index (χ0) is 26.3. The molecule has 0 saturated carbocycles. The van der Waals surface area contributed by atoms with E-state index < -0.39 is 6.04 Å². The van der Waals surface area contributed by atoms with Crippen molar-refractivity contribution in [1.29, 1.82) is 0 Å². The first-order valence-corrected chi connectivity index (χ1v) is 11.8. The van der Waals surface area contributed by atoms with Crippen LogP contribution in [0.3, 0.4) is 0 Å². The third-order valence-electron chi connectivity index (χ3n) is 6.64. The van der Waals surface area contributed by atoms with Gasteiger partial charge in [0.1, 0.15) is 17.1 Å². The molecule has 0 bridgehead atoms. The molecule has 1 amide bonds. The Morgan fingerprint density at radius 1 is 1.05 bits per heavy atom. The van der Waals surface area contributed by atoms with E-state index in [-0.39, 0.29) is 11.7 Å². The van der Waals surface area contributed by atoms with Crippen LogP contribution in [0.5, 0.6) is 23.0 Å². The van der Waals surface area contributed by atoms with Gasteiger partial charge in [-0.1, -0.05) is 12.1 Å². The molecule has 2 aromatic carbocycles. The second kappa shape index (κ2) is 9.50. The van der Waals surface area contributed by atoms with Gasteiger partial charge in [0, 0.05) is 30.1 Å². The van der Waals surface area contributed by atoms with Gasteiger partial charge >= 0.3 is 0 Å². The van der Waals surface area contributed by atoms with Gasteiger partial charge in [-0.3, -0.25) is 14.9 Å². The number of H-pyrrole nitrogens is 1. The summed E-state index contributed by atoms with van der Waals surface area (Å²) in [7, 11) is 4.65. The van der Waals surface area contributed by atoms with Crippen molar-refractivity contribution in [2.24, 2.45) is 0 Å². The second-order valence-corrected chi connectivity index (χ2v) is 8.99. The van der Waals surface area contributed by atoms with E-state index in [1.165, 1.54) is 0 Å². The van der Waals surface area contributed by atoms with Gasteiger partial charge in [-0.2, -0.15) is 5.10 Å². The standard InChI is InChI=1S/C28H28N4O5/c1-15-9-16(2)26(33)19(10-15)23-22-24(31-30-23)28(34)32(14-17-7-6-8-29-13-17)25(22)18-11-20(35-3)27(37-5)21(12-18)36-4/h6-13,25,33H,14H2,1-5H3,(H,30,31)/t25-/m1/s1. The number of hydrogen-bond acceptors (Lipinski definition) is 7. The molecule has 0 fully saturated rings. The molecular formula is C28H28N4O5. The molecule has 0 unspecified atom stereocenters. The molecule has 190 valence electrons. The molecule has 0 radical (unpaired) electrons. The molecule has 1 aliphatic heterocycles. The van der Waals surface area contributed by atoms with Gasteiger partial charge in [-0.05, 0) is 60.4 Å². The Bertz CT molecular complexity index is 1460. The van der Waals surface area contributed by atoms with Gasteiger partial charge in [-0.15, -0.1) is 0 Å². The Morgan fingerprint density at radius 3 is 2.41 bits per heavy atom. The minimum absolute atomic E-state index is 0.127. The maximum Gasteiger partial charge on any atom is 0.273 e. The number of ether oxygens (including phenoxy) is 3. The van der Waals surface area contributed by atoms with E-state index in [2.05, 4.69) is 15.2 Å². The van der Waals surface area contributed by atoms with Gasteiger partial charge in [0.05, 0.1) is 27.4 Å². The van der Waals surface area contributed by atoms with Crippen molar-refractivity contribution < 1.29 is 24.1 Å². The first-order chi connectivity index (χ1) is 17.9. The molecule has 2 aromatic heterocycles. The molecule has 2 N–H and O–H groups in total. The summed E-state index contributed by atoms with van der Waals surface area (Å²) in [6, 6.07) is 10.7. The fraction of sp³-hybridized carbons (Fsp3) is 0.250. The van der Waals surface area contributed by atoms with E-state index in [0.717, 1.165) is 22.3 Å². The smallest absolute Gasteiger partial charge is 0.273 e. The number of aryl methyl sites for hydroxylation is 2. The van der Waals surface area contributed by atoms with Crippen LogP contribution in [-0.4, -0.2) is 52.4 Å². The number of aromatic nitrogens is 3.